The molecule has 0 aliphatic carbocycles. The highest BCUT2D eigenvalue weighted by Gasteiger charge is 2.10. The molecule has 0 aromatic carbocycles. The van der Waals surface area contributed by atoms with Gasteiger partial charge in [0.15, 0.2) is 0 Å². The van der Waals surface area contributed by atoms with E-state index in [0.717, 1.165) is 17.9 Å². The summed E-state index contributed by atoms with van der Waals surface area (Å²) in [6.07, 6.45) is 1.44. The Morgan fingerprint density at radius 2 is 1.88 bits per heavy atom. The fourth-order valence-electron chi connectivity index (χ4n) is 1.28. The summed E-state index contributed by atoms with van der Waals surface area (Å²) in [6.45, 7) is 4.36. The van der Waals surface area contributed by atoms with Gasteiger partial charge in [0.2, 0.25) is 0 Å². The van der Waals surface area contributed by atoms with Crippen molar-refractivity contribution in [2.45, 2.75) is 19.9 Å². The van der Waals surface area contributed by atoms with Crippen LogP contribution in [0.5, 0.6) is 0 Å². The maximum absolute atomic E-state index is 8.97. The summed E-state index contributed by atoms with van der Waals surface area (Å²) in [5.41, 5.74) is 0.872. The standard InChI is InChI=1S/C10H18N4O2/c1-3-11-9-7(2)10(13-6-12-9)14-8(4-15)5-16/h6,8,15-16H,3-5H2,1-2H3,(H2,11,12,13,14). The predicted molar refractivity (Wildman–Crippen MR) is 62.5 cm³/mol. The molecule has 4 N–H and O–H groups in total. The van der Waals surface area contributed by atoms with Crippen molar-refractivity contribution in [1.82, 2.24) is 9.97 Å². The molecule has 0 unspecified atom stereocenters. The molecule has 1 aromatic heterocycles. The van der Waals surface area contributed by atoms with Crippen LogP contribution in [0.3, 0.4) is 0 Å². The maximum atomic E-state index is 8.97. The molecule has 1 heterocycles. The average molecular weight is 226 g/mol. The quantitative estimate of drug-likeness (QED) is 0.545. The summed E-state index contributed by atoms with van der Waals surface area (Å²) in [7, 11) is 0. The molecule has 0 radical (unpaired) electrons. The third-order valence-corrected chi connectivity index (χ3v) is 2.21. The maximum Gasteiger partial charge on any atom is 0.134 e. The molecule has 6 heteroatoms. The van der Waals surface area contributed by atoms with Crippen LogP contribution in [0.4, 0.5) is 11.6 Å². The molecule has 16 heavy (non-hydrogen) atoms. The monoisotopic (exact) mass is 226 g/mol. The second-order valence-corrected chi connectivity index (χ2v) is 3.43. The molecule has 0 spiro atoms. The highest BCUT2D eigenvalue weighted by molar-refractivity contribution is 5.56. The van der Waals surface area contributed by atoms with Crippen LogP contribution in [0.25, 0.3) is 0 Å². The van der Waals surface area contributed by atoms with Gasteiger partial charge in [-0.25, -0.2) is 9.97 Å². The number of aliphatic hydroxyl groups is 2. The van der Waals surface area contributed by atoms with Crippen molar-refractivity contribution < 1.29 is 10.2 Å². The number of aromatic nitrogens is 2. The Hall–Kier alpha value is -1.40. The lowest BCUT2D eigenvalue weighted by Crippen LogP contribution is -2.28. The zero-order valence-electron chi connectivity index (χ0n) is 9.56. The Balaban J connectivity index is 2.83. The van der Waals surface area contributed by atoms with Gasteiger partial charge in [0.1, 0.15) is 18.0 Å². The Labute approximate surface area is 94.7 Å². The molecule has 90 valence electrons. The van der Waals surface area contributed by atoms with E-state index >= 15 is 0 Å². The van der Waals surface area contributed by atoms with Crippen LogP contribution in [0, 0.1) is 6.92 Å². The van der Waals surface area contributed by atoms with Gasteiger partial charge in [-0.05, 0) is 13.8 Å². The van der Waals surface area contributed by atoms with Crippen LogP contribution in [-0.4, -0.2) is 46.0 Å². The molecule has 0 aliphatic rings. The highest BCUT2D eigenvalue weighted by Crippen LogP contribution is 2.18. The fraction of sp³-hybridized carbons (Fsp3) is 0.600. The van der Waals surface area contributed by atoms with E-state index in [1.165, 1.54) is 6.33 Å². The minimum atomic E-state index is -0.400. The van der Waals surface area contributed by atoms with Gasteiger partial charge in [-0.2, -0.15) is 0 Å². The Morgan fingerprint density at radius 1 is 1.25 bits per heavy atom. The van der Waals surface area contributed by atoms with Crippen molar-refractivity contribution >= 4 is 11.6 Å². The van der Waals surface area contributed by atoms with E-state index in [-0.39, 0.29) is 13.2 Å². The fourth-order valence-corrected chi connectivity index (χ4v) is 1.28. The second-order valence-electron chi connectivity index (χ2n) is 3.43. The lowest BCUT2D eigenvalue weighted by Gasteiger charge is -2.16. The predicted octanol–water partition coefficient (Wildman–Crippen LogP) is -0.0181. The average Bonchev–Trinajstić information content (AvgIpc) is 2.30. The summed E-state index contributed by atoms with van der Waals surface area (Å²) < 4.78 is 0. The van der Waals surface area contributed by atoms with Crippen LogP contribution in [0.2, 0.25) is 0 Å². The van der Waals surface area contributed by atoms with Crippen molar-refractivity contribution in [1.29, 1.82) is 0 Å². The van der Waals surface area contributed by atoms with Gasteiger partial charge in [0, 0.05) is 12.1 Å². The highest BCUT2D eigenvalue weighted by atomic mass is 16.3. The molecule has 0 bridgehead atoms. The van der Waals surface area contributed by atoms with Crippen LogP contribution in [0.1, 0.15) is 12.5 Å². The normalized spacial score (nSPS) is 10.6. The number of hydrogen-bond acceptors (Lipinski definition) is 6. The van der Waals surface area contributed by atoms with Gasteiger partial charge in [0.05, 0.1) is 19.3 Å². The Kier molecular flexibility index (Phi) is 4.94. The van der Waals surface area contributed by atoms with Gasteiger partial charge >= 0.3 is 0 Å². The first-order valence-electron chi connectivity index (χ1n) is 5.26. The summed E-state index contributed by atoms with van der Waals surface area (Å²) in [5, 5.41) is 24.0. The topological polar surface area (TPSA) is 90.3 Å². The van der Waals surface area contributed by atoms with Crippen LogP contribution in [0.15, 0.2) is 6.33 Å². The minimum absolute atomic E-state index is 0.142. The third-order valence-electron chi connectivity index (χ3n) is 2.21. The lowest BCUT2D eigenvalue weighted by molar-refractivity contribution is 0.203. The van der Waals surface area contributed by atoms with Crippen molar-refractivity contribution in [3.8, 4) is 0 Å². The molecule has 0 saturated heterocycles. The summed E-state index contributed by atoms with van der Waals surface area (Å²) in [6, 6.07) is -0.400. The van der Waals surface area contributed by atoms with Crippen molar-refractivity contribution in [3.63, 3.8) is 0 Å². The van der Waals surface area contributed by atoms with E-state index in [9.17, 15) is 0 Å². The second kappa shape index (κ2) is 6.24. The summed E-state index contributed by atoms with van der Waals surface area (Å²) in [5.74, 6) is 1.38. The largest absolute Gasteiger partial charge is 0.394 e. The van der Waals surface area contributed by atoms with Crippen molar-refractivity contribution in [2.75, 3.05) is 30.4 Å². The van der Waals surface area contributed by atoms with Crippen LogP contribution in [-0.2, 0) is 0 Å². The molecule has 0 aliphatic heterocycles. The van der Waals surface area contributed by atoms with E-state index in [1.54, 1.807) is 0 Å². The van der Waals surface area contributed by atoms with Gasteiger partial charge < -0.3 is 20.8 Å². The molecule has 0 fully saturated rings. The summed E-state index contributed by atoms with van der Waals surface area (Å²) in [4.78, 5) is 8.17. The molecular weight excluding hydrogens is 208 g/mol. The molecule has 1 rings (SSSR count). The van der Waals surface area contributed by atoms with E-state index in [0.29, 0.717) is 5.82 Å². The van der Waals surface area contributed by atoms with Gasteiger partial charge in [-0.15, -0.1) is 0 Å². The zero-order valence-corrected chi connectivity index (χ0v) is 9.56. The number of hydrogen-bond donors (Lipinski definition) is 4. The molecular formula is C10H18N4O2. The van der Waals surface area contributed by atoms with Crippen molar-refractivity contribution in [2.24, 2.45) is 0 Å². The van der Waals surface area contributed by atoms with Crippen LogP contribution < -0.4 is 10.6 Å². The van der Waals surface area contributed by atoms with Gasteiger partial charge in [-0.3, -0.25) is 0 Å². The molecule has 0 saturated carbocycles. The Morgan fingerprint density at radius 3 is 2.44 bits per heavy atom. The number of nitrogens with zero attached hydrogens (tertiary/aromatic N) is 2. The zero-order chi connectivity index (χ0) is 12.0. The van der Waals surface area contributed by atoms with Gasteiger partial charge in [-0.1, -0.05) is 0 Å². The van der Waals surface area contributed by atoms with E-state index < -0.39 is 6.04 Å². The van der Waals surface area contributed by atoms with Crippen LogP contribution >= 0.6 is 0 Å². The molecule has 1 aromatic rings. The summed E-state index contributed by atoms with van der Waals surface area (Å²) >= 11 is 0. The molecule has 0 amide bonds. The van der Waals surface area contributed by atoms with Gasteiger partial charge in [0.25, 0.3) is 0 Å². The lowest BCUT2D eigenvalue weighted by atomic mass is 10.2. The molecule has 6 nitrogen and oxygen atoms in total. The number of anilines is 2. The first kappa shape index (κ1) is 12.7. The van der Waals surface area contributed by atoms with Crippen molar-refractivity contribution in [3.05, 3.63) is 11.9 Å². The number of nitrogens with one attached hydrogen (secondary N) is 2. The van der Waals surface area contributed by atoms with E-state index in [4.69, 9.17) is 10.2 Å². The first-order chi connectivity index (χ1) is 7.72. The van der Waals surface area contributed by atoms with E-state index in [2.05, 4.69) is 20.6 Å². The SMILES string of the molecule is CCNc1ncnc(NC(CO)CO)c1C. The smallest absolute Gasteiger partial charge is 0.134 e. The number of aliphatic hydroxyl groups excluding tert-OH is 2. The molecule has 0 atom stereocenters. The minimum Gasteiger partial charge on any atom is -0.394 e. The van der Waals surface area contributed by atoms with E-state index in [1.807, 2.05) is 13.8 Å². The third kappa shape index (κ3) is 3.04. The first-order valence-corrected chi connectivity index (χ1v) is 5.26. The Bertz CT molecular complexity index is 329. The number of rotatable bonds is 6.